The maximum atomic E-state index is 13.2. The lowest BCUT2D eigenvalue weighted by Crippen LogP contribution is -2.62. The van der Waals surface area contributed by atoms with E-state index in [1.54, 1.807) is 20.8 Å². The molecule has 0 atom stereocenters. The van der Waals surface area contributed by atoms with E-state index in [2.05, 4.69) is 0 Å². The molecule has 1 saturated carbocycles. The number of ether oxygens (including phenoxy) is 1. The molecule has 0 aromatic heterocycles. The molecule has 2 heterocycles. The Kier molecular flexibility index (Phi) is 2.87. The Morgan fingerprint density at radius 2 is 1.84 bits per heavy atom. The molecule has 0 aromatic carbocycles. The molecule has 19 heavy (non-hydrogen) atoms. The molecule has 2 bridgehead atoms. The van der Waals surface area contributed by atoms with Crippen LogP contribution in [0, 0.1) is 5.41 Å². The highest BCUT2D eigenvalue weighted by Crippen LogP contribution is 2.64. The van der Waals surface area contributed by atoms with Crippen molar-refractivity contribution in [3.05, 3.63) is 0 Å². The van der Waals surface area contributed by atoms with Crippen molar-refractivity contribution in [1.82, 2.24) is 4.90 Å². The third-order valence-corrected chi connectivity index (χ3v) is 3.92. The number of amides is 1. The van der Waals surface area contributed by atoms with Gasteiger partial charge in [0, 0.05) is 12.0 Å². The first kappa shape index (κ1) is 14.4. The van der Waals surface area contributed by atoms with E-state index in [9.17, 15) is 18.0 Å². The summed E-state index contributed by atoms with van der Waals surface area (Å²) >= 11 is 0. The lowest BCUT2D eigenvalue weighted by molar-refractivity contribution is -0.240. The van der Waals surface area contributed by atoms with Crippen molar-refractivity contribution in [2.75, 3.05) is 13.1 Å². The Labute approximate surface area is 110 Å². The number of carbonyl (C=O) groups excluding carboxylic acids is 1. The monoisotopic (exact) mass is 280 g/mol. The average Bonchev–Trinajstić information content (AvgIpc) is 2.63. The number of halogens is 3. The summed E-state index contributed by atoms with van der Waals surface area (Å²) in [6.07, 6.45) is -5.57. The zero-order chi connectivity index (χ0) is 14.7. The van der Waals surface area contributed by atoms with Gasteiger partial charge >= 0.3 is 12.3 Å². The van der Waals surface area contributed by atoms with Crippen molar-refractivity contribution >= 4 is 6.09 Å². The molecule has 3 rings (SSSR count). The fraction of sp³-hybridized carbons (Fsp3) is 0.917. The molecule has 2 saturated heterocycles. The maximum Gasteiger partial charge on any atom is 0.411 e. The van der Waals surface area contributed by atoms with Gasteiger partial charge in [0.25, 0.3) is 0 Å². The summed E-state index contributed by atoms with van der Waals surface area (Å²) in [5.74, 6) is 0. The number of hydrogen-bond donors (Lipinski definition) is 1. The zero-order valence-corrected chi connectivity index (χ0v) is 11.3. The molecule has 2 N–H and O–H groups in total. The molecule has 0 unspecified atom stereocenters. The number of nitrogens with two attached hydrogens (primary N) is 1. The Morgan fingerprint density at radius 1 is 1.32 bits per heavy atom. The van der Waals surface area contributed by atoms with E-state index in [1.807, 2.05) is 0 Å². The van der Waals surface area contributed by atoms with Crippen LogP contribution in [0.15, 0.2) is 0 Å². The summed E-state index contributed by atoms with van der Waals surface area (Å²) in [4.78, 5) is 12.8. The van der Waals surface area contributed by atoms with Gasteiger partial charge in [-0.25, -0.2) is 4.79 Å². The molecule has 7 heteroatoms. The predicted molar refractivity (Wildman–Crippen MR) is 62.4 cm³/mol. The van der Waals surface area contributed by atoms with Crippen LogP contribution in [0.2, 0.25) is 0 Å². The third kappa shape index (κ3) is 2.07. The highest BCUT2D eigenvalue weighted by molar-refractivity contribution is 5.71. The van der Waals surface area contributed by atoms with Crippen LogP contribution < -0.4 is 5.73 Å². The van der Waals surface area contributed by atoms with E-state index < -0.39 is 28.8 Å². The van der Waals surface area contributed by atoms with Crippen LogP contribution in [0.1, 0.15) is 33.6 Å². The van der Waals surface area contributed by atoms with Crippen molar-refractivity contribution < 1.29 is 22.7 Å². The van der Waals surface area contributed by atoms with Gasteiger partial charge in [0.15, 0.2) is 0 Å². The van der Waals surface area contributed by atoms with E-state index in [4.69, 9.17) is 10.5 Å². The quantitative estimate of drug-likeness (QED) is 0.801. The van der Waals surface area contributed by atoms with Gasteiger partial charge in [-0.3, -0.25) is 4.90 Å². The van der Waals surface area contributed by atoms with Crippen LogP contribution in [0.3, 0.4) is 0 Å². The van der Waals surface area contributed by atoms with Crippen molar-refractivity contribution in [3.8, 4) is 0 Å². The topological polar surface area (TPSA) is 55.6 Å². The lowest BCUT2D eigenvalue weighted by atomic mass is 9.61. The predicted octanol–water partition coefficient (Wildman–Crippen LogP) is 2.28. The highest BCUT2D eigenvalue weighted by Gasteiger charge is 2.77. The second-order valence-corrected chi connectivity index (χ2v) is 6.65. The molecular weight excluding hydrogens is 261 g/mol. The number of rotatable bonds is 1. The van der Waals surface area contributed by atoms with Crippen LogP contribution >= 0.6 is 0 Å². The fourth-order valence-electron chi connectivity index (χ4n) is 3.10. The molecule has 4 nitrogen and oxygen atoms in total. The summed E-state index contributed by atoms with van der Waals surface area (Å²) in [6, 6.07) is 0. The maximum absolute atomic E-state index is 13.2. The molecule has 0 aromatic rings. The highest BCUT2D eigenvalue weighted by atomic mass is 19.4. The normalized spacial score (nSPS) is 34.2. The van der Waals surface area contributed by atoms with Gasteiger partial charge in [0.2, 0.25) is 0 Å². The molecule has 3 fully saturated rings. The minimum Gasteiger partial charge on any atom is -0.444 e. The molecule has 110 valence electrons. The van der Waals surface area contributed by atoms with Gasteiger partial charge in [-0.15, -0.1) is 0 Å². The van der Waals surface area contributed by atoms with Gasteiger partial charge < -0.3 is 10.5 Å². The van der Waals surface area contributed by atoms with Crippen LogP contribution in [0.5, 0.6) is 0 Å². The van der Waals surface area contributed by atoms with E-state index >= 15 is 0 Å². The number of hydrogen-bond acceptors (Lipinski definition) is 3. The summed E-state index contributed by atoms with van der Waals surface area (Å²) in [6.45, 7) is 5.07. The van der Waals surface area contributed by atoms with Crippen LogP contribution in [-0.4, -0.2) is 41.4 Å². The first-order chi connectivity index (χ1) is 8.45. The van der Waals surface area contributed by atoms with Gasteiger partial charge in [0.05, 0.1) is 0 Å². The van der Waals surface area contributed by atoms with E-state index in [0.29, 0.717) is 0 Å². The standard InChI is InChI=1S/C12H19F3N2O2/c1-9(2,3)19-8(18)17-7-10(6-16)4-11(17,5-10)12(13,14)15/h4-7,16H2,1-3H3. The van der Waals surface area contributed by atoms with E-state index in [-0.39, 0.29) is 25.9 Å². The Bertz CT molecular complexity index is 395. The van der Waals surface area contributed by atoms with Gasteiger partial charge in [-0.2, -0.15) is 13.2 Å². The van der Waals surface area contributed by atoms with Gasteiger partial charge in [-0.05, 0) is 40.2 Å². The van der Waals surface area contributed by atoms with Gasteiger partial charge in [-0.1, -0.05) is 0 Å². The summed E-state index contributed by atoms with van der Waals surface area (Å²) in [5, 5.41) is 0. The zero-order valence-electron chi connectivity index (χ0n) is 11.3. The molecular formula is C12H19F3N2O2. The number of fused-ring (bicyclic) bond motifs is 1. The minimum atomic E-state index is -4.45. The first-order valence-electron chi connectivity index (χ1n) is 6.22. The number of carbonyl (C=O) groups is 1. The molecule has 0 radical (unpaired) electrons. The van der Waals surface area contributed by atoms with Crippen molar-refractivity contribution in [2.24, 2.45) is 11.1 Å². The molecule has 0 spiro atoms. The second kappa shape index (κ2) is 3.77. The van der Waals surface area contributed by atoms with Gasteiger partial charge in [0.1, 0.15) is 11.1 Å². The SMILES string of the molecule is CC(C)(C)OC(=O)N1CC2(CN)CC1(C(F)(F)F)C2. The van der Waals surface area contributed by atoms with E-state index in [0.717, 1.165) is 4.90 Å². The Balaban J connectivity index is 2.23. The number of nitrogens with zero attached hydrogens (tertiary/aromatic N) is 1. The third-order valence-electron chi connectivity index (χ3n) is 3.92. The van der Waals surface area contributed by atoms with Crippen molar-refractivity contribution in [3.63, 3.8) is 0 Å². The second-order valence-electron chi connectivity index (χ2n) is 6.65. The molecule has 1 amide bonds. The van der Waals surface area contributed by atoms with E-state index in [1.165, 1.54) is 0 Å². The molecule has 3 aliphatic rings. The summed E-state index contributed by atoms with van der Waals surface area (Å²) in [7, 11) is 0. The van der Waals surface area contributed by atoms with Crippen molar-refractivity contribution in [2.45, 2.75) is 50.9 Å². The summed E-state index contributed by atoms with van der Waals surface area (Å²) < 4.78 is 44.8. The molecule has 2 aliphatic heterocycles. The minimum absolute atomic E-state index is 0.0257. The Morgan fingerprint density at radius 3 is 2.21 bits per heavy atom. The first-order valence-corrected chi connectivity index (χ1v) is 6.22. The fourth-order valence-corrected chi connectivity index (χ4v) is 3.10. The largest absolute Gasteiger partial charge is 0.444 e. The van der Waals surface area contributed by atoms with Crippen LogP contribution in [0.4, 0.5) is 18.0 Å². The van der Waals surface area contributed by atoms with Crippen LogP contribution in [0.25, 0.3) is 0 Å². The smallest absolute Gasteiger partial charge is 0.411 e. The van der Waals surface area contributed by atoms with Crippen LogP contribution in [-0.2, 0) is 4.74 Å². The lowest BCUT2D eigenvalue weighted by Gasteiger charge is -2.47. The summed E-state index contributed by atoms with van der Waals surface area (Å²) in [5.41, 5.74) is 2.07. The average molecular weight is 280 g/mol. The van der Waals surface area contributed by atoms with Crippen molar-refractivity contribution in [1.29, 1.82) is 0 Å². The molecule has 1 aliphatic carbocycles. The number of alkyl halides is 3. The Hall–Kier alpha value is -0.980.